The molecule has 0 aliphatic rings. The first-order chi connectivity index (χ1) is 14.4. The van der Waals surface area contributed by atoms with Crippen molar-refractivity contribution in [3.05, 3.63) is 95.8 Å². The molecular weight excluding hydrogens is 403 g/mol. The van der Waals surface area contributed by atoms with E-state index < -0.39 is 10.0 Å². The Hall–Kier alpha value is -3.19. The Balaban J connectivity index is 1.61. The number of benzene rings is 3. The maximum atomic E-state index is 12.9. The van der Waals surface area contributed by atoms with Crippen LogP contribution < -0.4 is 9.62 Å². The third-order valence-corrected chi connectivity index (χ3v) is 6.51. The van der Waals surface area contributed by atoms with Crippen LogP contribution >= 0.6 is 0 Å². The number of carbonyl (C=O) groups is 1. The van der Waals surface area contributed by atoms with Gasteiger partial charge >= 0.3 is 0 Å². The Morgan fingerprint density at radius 2 is 1.67 bits per heavy atom. The second-order valence-corrected chi connectivity index (χ2v) is 8.79. The quantitative estimate of drug-likeness (QED) is 0.554. The molecule has 0 spiro atoms. The van der Waals surface area contributed by atoms with Gasteiger partial charge in [0.2, 0.25) is 0 Å². The number of amides is 1. The summed E-state index contributed by atoms with van der Waals surface area (Å²) in [6.45, 7) is 0.457. The SMILES string of the molecule is CN(c1cccc(C(=O)NCCCc2ccc(F)cc2)c1)S(=O)(=O)c1ccccc1. The number of aryl methyl sites for hydroxylation is 1. The first-order valence-corrected chi connectivity index (χ1v) is 11.0. The average molecular weight is 427 g/mol. The number of sulfonamides is 1. The summed E-state index contributed by atoms with van der Waals surface area (Å²) in [5, 5.41) is 2.84. The second-order valence-electron chi connectivity index (χ2n) is 6.82. The zero-order valence-electron chi connectivity index (χ0n) is 16.6. The predicted octanol–water partition coefficient (Wildman–Crippen LogP) is 4.01. The highest BCUT2D eigenvalue weighted by molar-refractivity contribution is 7.92. The Morgan fingerprint density at radius 1 is 0.967 bits per heavy atom. The number of rotatable bonds is 8. The van der Waals surface area contributed by atoms with Gasteiger partial charge in [0.25, 0.3) is 15.9 Å². The van der Waals surface area contributed by atoms with Gasteiger partial charge in [0, 0.05) is 19.2 Å². The largest absolute Gasteiger partial charge is 0.352 e. The zero-order chi connectivity index (χ0) is 21.6. The summed E-state index contributed by atoms with van der Waals surface area (Å²) in [7, 11) is -2.25. The smallest absolute Gasteiger partial charge is 0.264 e. The van der Waals surface area contributed by atoms with Crippen molar-refractivity contribution in [1.29, 1.82) is 0 Å². The van der Waals surface area contributed by atoms with Crippen molar-refractivity contribution in [3.63, 3.8) is 0 Å². The van der Waals surface area contributed by atoms with E-state index in [9.17, 15) is 17.6 Å². The van der Waals surface area contributed by atoms with Crippen LogP contribution in [0.3, 0.4) is 0 Å². The number of carbonyl (C=O) groups excluding carboxylic acids is 1. The molecule has 0 aromatic heterocycles. The van der Waals surface area contributed by atoms with Gasteiger partial charge in [0.15, 0.2) is 0 Å². The molecule has 0 fully saturated rings. The number of nitrogens with one attached hydrogen (secondary N) is 1. The van der Waals surface area contributed by atoms with Crippen molar-refractivity contribution in [3.8, 4) is 0 Å². The molecule has 0 saturated carbocycles. The molecule has 3 aromatic carbocycles. The van der Waals surface area contributed by atoms with Crippen molar-refractivity contribution < 1.29 is 17.6 Å². The van der Waals surface area contributed by atoms with E-state index in [4.69, 9.17) is 0 Å². The van der Waals surface area contributed by atoms with Gasteiger partial charge in [-0.05, 0) is 60.9 Å². The van der Waals surface area contributed by atoms with Gasteiger partial charge in [-0.1, -0.05) is 36.4 Å². The predicted molar refractivity (Wildman–Crippen MR) is 116 cm³/mol. The molecule has 0 saturated heterocycles. The van der Waals surface area contributed by atoms with E-state index in [0.29, 0.717) is 24.2 Å². The van der Waals surface area contributed by atoms with Gasteiger partial charge in [0.1, 0.15) is 5.82 Å². The number of nitrogens with zero attached hydrogens (tertiary/aromatic N) is 1. The maximum Gasteiger partial charge on any atom is 0.264 e. The maximum absolute atomic E-state index is 12.9. The molecule has 1 amide bonds. The van der Waals surface area contributed by atoms with Gasteiger partial charge in [-0.3, -0.25) is 9.10 Å². The van der Waals surface area contributed by atoms with Crippen LogP contribution in [0.1, 0.15) is 22.3 Å². The van der Waals surface area contributed by atoms with Crippen molar-refractivity contribution in [1.82, 2.24) is 5.32 Å². The van der Waals surface area contributed by atoms with Crippen LogP contribution in [-0.2, 0) is 16.4 Å². The molecule has 3 rings (SSSR count). The molecule has 0 unspecified atom stereocenters. The van der Waals surface area contributed by atoms with E-state index in [2.05, 4.69) is 5.32 Å². The van der Waals surface area contributed by atoms with Gasteiger partial charge in [-0.25, -0.2) is 12.8 Å². The van der Waals surface area contributed by atoms with Crippen LogP contribution in [0.25, 0.3) is 0 Å². The van der Waals surface area contributed by atoms with E-state index in [1.54, 1.807) is 54.6 Å². The Kier molecular flexibility index (Phi) is 6.84. The van der Waals surface area contributed by atoms with Crippen molar-refractivity contribution >= 4 is 21.6 Å². The van der Waals surface area contributed by atoms with Crippen LogP contribution in [0.5, 0.6) is 0 Å². The van der Waals surface area contributed by atoms with E-state index in [0.717, 1.165) is 16.3 Å². The fraction of sp³-hybridized carbons (Fsp3) is 0.174. The molecule has 0 radical (unpaired) electrons. The van der Waals surface area contributed by atoms with E-state index in [-0.39, 0.29) is 16.6 Å². The Labute approximate surface area is 176 Å². The number of hydrogen-bond acceptors (Lipinski definition) is 3. The Bertz CT molecular complexity index is 1100. The minimum Gasteiger partial charge on any atom is -0.352 e. The summed E-state index contributed by atoms with van der Waals surface area (Å²) in [5.74, 6) is -0.548. The first kappa shape index (κ1) is 21.5. The lowest BCUT2D eigenvalue weighted by molar-refractivity contribution is 0.0953. The highest BCUT2D eigenvalue weighted by Crippen LogP contribution is 2.22. The van der Waals surface area contributed by atoms with Crippen LogP contribution in [-0.4, -0.2) is 27.9 Å². The third kappa shape index (κ3) is 5.24. The standard InChI is InChI=1S/C23H23FN2O3S/c1-26(30(28,29)22-10-3-2-4-11-22)21-9-5-8-19(17-21)23(27)25-16-6-7-18-12-14-20(24)15-13-18/h2-5,8-15,17H,6-7,16H2,1H3,(H,25,27). The molecule has 3 aromatic rings. The summed E-state index contributed by atoms with van der Waals surface area (Å²) in [5.41, 5.74) is 1.78. The normalized spacial score (nSPS) is 11.1. The minimum atomic E-state index is -3.71. The summed E-state index contributed by atoms with van der Waals surface area (Å²) >= 11 is 0. The van der Waals surface area contributed by atoms with Crippen molar-refractivity contribution in [2.75, 3.05) is 17.9 Å². The molecule has 5 nitrogen and oxygen atoms in total. The topological polar surface area (TPSA) is 66.5 Å². The fourth-order valence-electron chi connectivity index (χ4n) is 2.98. The molecule has 30 heavy (non-hydrogen) atoms. The van der Waals surface area contributed by atoms with E-state index >= 15 is 0 Å². The minimum absolute atomic E-state index is 0.183. The molecule has 0 atom stereocenters. The molecule has 0 bridgehead atoms. The van der Waals surface area contributed by atoms with Gasteiger partial charge in [0.05, 0.1) is 10.6 Å². The molecule has 0 aliphatic carbocycles. The highest BCUT2D eigenvalue weighted by Gasteiger charge is 2.21. The Morgan fingerprint density at radius 3 is 2.37 bits per heavy atom. The summed E-state index contributed by atoms with van der Waals surface area (Å²) in [6, 6.07) is 20.9. The van der Waals surface area contributed by atoms with Crippen molar-refractivity contribution in [2.24, 2.45) is 0 Å². The number of halogens is 1. The van der Waals surface area contributed by atoms with E-state index in [1.165, 1.54) is 31.3 Å². The number of anilines is 1. The molecule has 156 valence electrons. The lowest BCUT2D eigenvalue weighted by Gasteiger charge is -2.20. The third-order valence-electron chi connectivity index (χ3n) is 4.71. The zero-order valence-corrected chi connectivity index (χ0v) is 17.4. The molecule has 0 aliphatic heterocycles. The monoisotopic (exact) mass is 426 g/mol. The van der Waals surface area contributed by atoms with Crippen molar-refractivity contribution in [2.45, 2.75) is 17.7 Å². The average Bonchev–Trinajstić information content (AvgIpc) is 2.78. The van der Waals surface area contributed by atoms with Gasteiger partial charge in [-0.15, -0.1) is 0 Å². The lowest BCUT2D eigenvalue weighted by Crippen LogP contribution is -2.28. The van der Waals surface area contributed by atoms with Crippen LogP contribution in [0.15, 0.2) is 83.8 Å². The molecular formula is C23H23FN2O3S. The molecule has 1 N–H and O–H groups in total. The van der Waals surface area contributed by atoms with Gasteiger partial charge in [-0.2, -0.15) is 0 Å². The first-order valence-electron chi connectivity index (χ1n) is 9.54. The van der Waals surface area contributed by atoms with E-state index in [1.807, 2.05) is 0 Å². The summed E-state index contributed by atoms with van der Waals surface area (Å²) in [6.07, 6.45) is 1.43. The summed E-state index contributed by atoms with van der Waals surface area (Å²) < 4.78 is 39.7. The fourth-order valence-corrected chi connectivity index (χ4v) is 4.19. The summed E-state index contributed by atoms with van der Waals surface area (Å²) in [4.78, 5) is 12.6. The highest BCUT2D eigenvalue weighted by atomic mass is 32.2. The molecule has 0 heterocycles. The van der Waals surface area contributed by atoms with Crippen LogP contribution in [0.2, 0.25) is 0 Å². The van der Waals surface area contributed by atoms with Crippen LogP contribution in [0.4, 0.5) is 10.1 Å². The lowest BCUT2D eigenvalue weighted by atomic mass is 10.1. The number of hydrogen-bond donors (Lipinski definition) is 1. The second kappa shape index (κ2) is 9.54. The van der Waals surface area contributed by atoms with Crippen LogP contribution in [0, 0.1) is 5.82 Å². The van der Waals surface area contributed by atoms with Gasteiger partial charge < -0.3 is 5.32 Å². The molecule has 7 heteroatoms.